The number of hydrogen-bond donors (Lipinski definition) is 3. The van der Waals surface area contributed by atoms with Crippen molar-refractivity contribution >= 4 is 41.6 Å². The molecular weight excluding hydrogens is 447 g/mol. The van der Waals surface area contributed by atoms with Gasteiger partial charge >= 0.3 is 0 Å². The minimum Gasteiger partial charge on any atom is -0.492 e. The van der Waals surface area contributed by atoms with Crippen LogP contribution in [0.3, 0.4) is 0 Å². The number of amides is 1. The summed E-state index contributed by atoms with van der Waals surface area (Å²) >= 11 is 0. The summed E-state index contributed by atoms with van der Waals surface area (Å²) in [4.78, 5) is 18.6. The molecule has 1 saturated heterocycles. The van der Waals surface area contributed by atoms with Gasteiger partial charge in [0, 0.05) is 47.4 Å². The molecule has 5 rings (SSSR count). The number of nitrogens with one attached hydrogen (secondary N) is 2. The van der Waals surface area contributed by atoms with Crippen LogP contribution >= 0.6 is 24.8 Å². The van der Waals surface area contributed by atoms with Gasteiger partial charge in [-0.15, -0.1) is 24.8 Å². The molecule has 8 heteroatoms. The highest BCUT2D eigenvalue weighted by atomic mass is 35.5. The quantitative estimate of drug-likeness (QED) is 0.496. The molecule has 2 aromatic carbocycles. The molecule has 3 heterocycles. The van der Waals surface area contributed by atoms with Crippen molar-refractivity contribution in [2.75, 3.05) is 26.2 Å². The molecular formula is C24H30Cl2N4O2. The largest absolute Gasteiger partial charge is 0.492 e. The number of rotatable bonds is 6. The Morgan fingerprint density at radius 1 is 1.03 bits per heavy atom. The molecule has 172 valence electrons. The average Bonchev–Trinajstić information content (AvgIpc) is 3.37. The first-order valence-corrected chi connectivity index (χ1v) is 10.8. The van der Waals surface area contributed by atoms with Crippen LogP contribution in [0.1, 0.15) is 40.7 Å². The fourth-order valence-corrected chi connectivity index (χ4v) is 4.65. The highest BCUT2D eigenvalue weighted by molar-refractivity contribution is 6.05. The second-order valence-corrected chi connectivity index (χ2v) is 8.23. The molecule has 2 aliphatic heterocycles. The number of H-pyrrole nitrogens is 1. The van der Waals surface area contributed by atoms with Crippen LogP contribution in [-0.4, -0.2) is 42.0 Å². The van der Waals surface area contributed by atoms with Crippen molar-refractivity contribution in [3.63, 3.8) is 0 Å². The summed E-state index contributed by atoms with van der Waals surface area (Å²) in [6, 6.07) is 12.7. The van der Waals surface area contributed by atoms with E-state index in [1.165, 1.54) is 43.3 Å². The molecule has 0 saturated carbocycles. The lowest BCUT2D eigenvalue weighted by Gasteiger charge is -2.26. The number of benzene rings is 2. The third-order valence-electron chi connectivity index (χ3n) is 6.13. The molecule has 1 fully saturated rings. The lowest BCUT2D eigenvalue weighted by molar-refractivity contribution is 0.0966. The minimum atomic E-state index is -0.0531. The van der Waals surface area contributed by atoms with Crippen LogP contribution in [0.25, 0.3) is 22.2 Å². The van der Waals surface area contributed by atoms with Gasteiger partial charge in [-0.1, -0.05) is 12.5 Å². The fraction of sp³-hybridized carbons (Fsp3) is 0.375. The summed E-state index contributed by atoms with van der Waals surface area (Å²) in [6.45, 7) is 4.75. The maximum Gasteiger partial charge on any atom is 0.252 e. The Kier molecular flexibility index (Phi) is 8.06. The third kappa shape index (κ3) is 4.74. The first-order chi connectivity index (χ1) is 14.7. The van der Waals surface area contributed by atoms with Crippen LogP contribution in [0.4, 0.5) is 0 Å². The van der Waals surface area contributed by atoms with Gasteiger partial charge in [0.2, 0.25) is 0 Å². The average molecular weight is 477 g/mol. The van der Waals surface area contributed by atoms with Crippen LogP contribution in [0.5, 0.6) is 5.75 Å². The molecule has 4 N–H and O–H groups in total. The number of likely N-dealkylation sites (tertiary alicyclic amines) is 1. The maximum absolute atomic E-state index is 12.6. The molecule has 0 bridgehead atoms. The smallest absolute Gasteiger partial charge is 0.252 e. The van der Waals surface area contributed by atoms with E-state index in [0.29, 0.717) is 25.3 Å². The number of piperidine rings is 1. The molecule has 0 aliphatic carbocycles. The zero-order valence-electron chi connectivity index (χ0n) is 18.0. The summed E-state index contributed by atoms with van der Waals surface area (Å²) in [6.07, 6.45) is 3.95. The van der Waals surface area contributed by atoms with Crippen LogP contribution in [0.2, 0.25) is 0 Å². The molecule has 1 amide bonds. The van der Waals surface area contributed by atoms with Gasteiger partial charge in [-0.3, -0.25) is 9.69 Å². The first kappa shape index (κ1) is 24.4. The first-order valence-electron chi connectivity index (χ1n) is 10.8. The zero-order valence-corrected chi connectivity index (χ0v) is 19.6. The molecule has 0 atom stereocenters. The Labute approximate surface area is 200 Å². The van der Waals surface area contributed by atoms with Crippen LogP contribution in [0.15, 0.2) is 36.4 Å². The van der Waals surface area contributed by atoms with Gasteiger partial charge in [0.1, 0.15) is 12.4 Å². The Balaban J connectivity index is 0.00000144. The lowest BCUT2D eigenvalue weighted by atomic mass is 9.99. The Hall–Kier alpha value is -2.25. The number of aromatic nitrogens is 1. The number of carbonyl (C=O) groups is 1. The summed E-state index contributed by atoms with van der Waals surface area (Å²) in [5, 5.41) is 4.11. The molecule has 0 unspecified atom stereocenters. The van der Waals surface area contributed by atoms with E-state index in [2.05, 4.69) is 39.5 Å². The van der Waals surface area contributed by atoms with Crippen LogP contribution in [-0.2, 0) is 13.1 Å². The van der Waals surface area contributed by atoms with Crippen molar-refractivity contribution < 1.29 is 9.53 Å². The standard InChI is InChI=1S/C24H28N4O2.2ClH/c25-8-11-30-22-7-5-18(23-19(22)14-26-24(23)29)21-13-17-12-16(4-6-20(17)27-21)15-28-9-2-1-3-10-28;;/h4-7,12-13,27H,1-3,8-11,14-15,25H2,(H,26,29);2*1H. The van der Waals surface area contributed by atoms with Crippen molar-refractivity contribution in [3.05, 3.63) is 53.1 Å². The summed E-state index contributed by atoms with van der Waals surface area (Å²) in [5.41, 5.74) is 11.5. The lowest BCUT2D eigenvalue weighted by Crippen LogP contribution is -2.28. The molecule has 1 aromatic heterocycles. The van der Waals surface area contributed by atoms with Gasteiger partial charge < -0.3 is 20.8 Å². The van der Waals surface area contributed by atoms with E-state index in [-0.39, 0.29) is 30.7 Å². The van der Waals surface area contributed by atoms with E-state index in [1.807, 2.05) is 12.1 Å². The Bertz CT molecular complexity index is 1090. The second-order valence-electron chi connectivity index (χ2n) is 8.23. The van der Waals surface area contributed by atoms with Crippen LogP contribution < -0.4 is 15.8 Å². The fourth-order valence-electron chi connectivity index (χ4n) is 4.65. The van der Waals surface area contributed by atoms with Crippen molar-refractivity contribution in [1.82, 2.24) is 15.2 Å². The normalized spacial score (nSPS) is 15.6. The van der Waals surface area contributed by atoms with Gasteiger partial charge in [0.05, 0.1) is 5.56 Å². The number of carbonyl (C=O) groups excluding carboxylic acids is 1. The number of nitrogens with zero attached hydrogens (tertiary/aromatic N) is 1. The van der Waals surface area contributed by atoms with Gasteiger partial charge in [-0.05, 0) is 61.8 Å². The molecule has 0 spiro atoms. The van der Waals surface area contributed by atoms with E-state index >= 15 is 0 Å². The summed E-state index contributed by atoms with van der Waals surface area (Å²) < 4.78 is 5.75. The Morgan fingerprint density at radius 3 is 2.62 bits per heavy atom. The molecule has 32 heavy (non-hydrogen) atoms. The number of aromatic amines is 1. The summed E-state index contributed by atoms with van der Waals surface area (Å²) in [5.74, 6) is 0.681. The van der Waals surface area contributed by atoms with E-state index in [1.54, 1.807) is 0 Å². The second kappa shape index (κ2) is 10.6. The minimum absolute atomic E-state index is 0. The van der Waals surface area contributed by atoms with Crippen molar-refractivity contribution in [3.8, 4) is 17.0 Å². The zero-order chi connectivity index (χ0) is 20.5. The van der Waals surface area contributed by atoms with E-state index < -0.39 is 0 Å². The third-order valence-corrected chi connectivity index (χ3v) is 6.13. The van der Waals surface area contributed by atoms with Crippen molar-refractivity contribution in [2.24, 2.45) is 5.73 Å². The number of nitrogens with two attached hydrogens (primary N) is 1. The number of hydrogen-bond acceptors (Lipinski definition) is 4. The molecule has 3 aromatic rings. The number of ether oxygens (including phenoxy) is 1. The SMILES string of the molecule is Cl.Cl.NCCOc1ccc(-c2cc3cc(CN4CCCCC4)ccc3[nH]2)c2c1CNC2=O. The monoisotopic (exact) mass is 476 g/mol. The van der Waals surface area contributed by atoms with Gasteiger partial charge in [0.15, 0.2) is 0 Å². The maximum atomic E-state index is 12.6. The molecule has 2 aliphatic rings. The predicted molar refractivity (Wildman–Crippen MR) is 133 cm³/mol. The van der Waals surface area contributed by atoms with Crippen molar-refractivity contribution in [2.45, 2.75) is 32.4 Å². The van der Waals surface area contributed by atoms with E-state index in [0.717, 1.165) is 34.6 Å². The van der Waals surface area contributed by atoms with E-state index in [9.17, 15) is 4.79 Å². The van der Waals surface area contributed by atoms with Crippen LogP contribution in [0, 0.1) is 0 Å². The van der Waals surface area contributed by atoms with Gasteiger partial charge in [-0.2, -0.15) is 0 Å². The highest BCUT2D eigenvalue weighted by Crippen LogP contribution is 2.36. The highest BCUT2D eigenvalue weighted by Gasteiger charge is 2.27. The van der Waals surface area contributed by atoms with Crippen molar-refractivity contribution in [1.29, 1.82) is 0 Å². The van der Waals surface area contributed by atoms with Gasteiger partial charge in [0.25, 0.3) is 5.91 Å². The predicted octanol–water partition coefficient (Wildman–Crippen LogP) is 4.25. The summed E-state index contributed by atoms with van der Waals surface area (Å²) in [7, 11) is 0. The van der Waals surface area contributed by atoms with Gasteiger partial charge in [-0.25, -0.2) is 0 Å². The molecule has 0 radical (unpaired) electrons. The topological polar surface area (TPSA) is 83.4 Å². The number of halogens is 2. The molecule has 6 nitrogen and oxygen atoms in total. The number of fused-ring (bicyclic) bond motifs is 2. The van der Waals surface area contributed by atoms with E-state index in [4.69, 9.17) is 10.5 Å². The Morgan fingerprint density at radius 2 is 1.84 bits per heavy atom.